The number of benzene rings is 3. The van der Waals surface area contributed by atoms with Crippen LogP contribution in [0.2, 0.25) is 0 Å². The summed E-state index contributed by atoms with van der Waals surface area (Å²) in [4.78, 5) is 58.3. The Hall–Kier alpha value is -4.00. The fourth-order valence-electron chi connectivity index (χ4n) is 6.27. The summed E-state index contributed by atoms with van der Waals surface area (Å²) in [5, 5.41) is 12.2. The first-order valence-electron chi connectivity index (χ1n) is 15.4. The van der Waals surface area contributed by atoms with E-state index in [1.54, 1.807) is 18.2 Å². The normalized spacial score (nSPS) is 15.3. The molecule has 0 aromatic heterocycles. The van der Waals surface area contributed by atoms with Crippen LogP contribution in [0.3, 0.4) is 0 Å². The lowest BCUT2D eigenvalue weighted by Gasteiger charge is -2.34. The molecule has 226 valence electrons. The van der Waals surface area contributed by atoms with Crippen LogP contribution < -0.4 is 0 Å². The van der Waals surface area contributed by atoms with Gasteiger partial charge in [-0.25, -0.2) is 0 Å². The fourth-order valence-corrected chi connectivity index (χ4v) is 6.27. The number of phenolic OH excluding ortho intramolecular Hbond substituents is 1. The molecule has 0 aliphatic carbocycles. The number of amides is 4. The van der Waals surface area contributed by atoms with Crippen molar-refractivity contribution in [3.05, 3.63) is 63.7 Å². The van der Waals surface area contributed by atoms with E-state index in [1.807, 2.05) is 67.5 Å². The second kappa shape index (κ2) is 10.6. The molecule has 0 fully saturated rings. The predicted octanol–water partition coefficient (Wildman–Crippen LogP) is 7.60. The Balaban J connectivity index is 1.93. The van der Waals surface area contributed by atoms with Crippen LogP contribution in [0.15, 0.2) is 30.3 Å². The number of aromatic hydroxyl groups is 1. The number of imide groups is 2. The van der Waals surface area contributed by atoms with Gasteiger partial charge in [-0.2, -0.15) is 0 Å². The maximum Gasteiger partial charge on any atom is 0.262 e. The van der Waals surface area contributed by atoms with E-state index in [0.717, 1.165) is 24.0 Å². The van der Waals surface area contributed by atoms with Crippen LogP contribution in [-0.2, 0) is 10.8 Å². The third-order valence-corrected chi connectivity index (χ3v) is 8.68. The molecule has 0 saturated heterocycles. The van der Waals surface area contributed by atoms with Crippen LogP contribution in [0.4, 0.5) is 0 Å². The molecule has 0 atom stereocenters. The summed E-state index contributed by atoms with van der Waals surface area (Å²) in [5.74, 6) is -1.46. The molecule has 0 unspecified atom stereocenters. The van der Waals surface area contributed by atoms with Gasteiger partial charge in [0.1, 0.15) is 5.75 Å². The second-order valence-electron chi connectivity index (χ2n) is 13.9. The molecule has 0 spiro atoms. The Kier molecular flexibility index (Phi) is 7.52. The largest absolute Gasteiger partial charge is 0.507 e. The number of carbonyl (C=O) groups excluding carboxylic acids is 4. The van der Waals surface area contributed by atoms with Crippen molar-refractivity contribution in [2.24, 2.45) is 0 Å². The SMILES string of the molecule is CCCCN1C(=O)c2ccc3c4c(c(-c5cc(C(C)(C)C)c(O)c(C(C)(C)C)c5)cc(c24)C1=O)C(=O)N(CCCC)C3=O. The number of nitrogens with zero attached hydrogens (tertiary/aromatic N) is 2. The van der Waals surface area contributed by atoms with E-state index in [2.05, 4.69) is 0 Å². The maximum atomic E-state index is 14.3. The summed E-state index contributed by atoms with van der Waals surface area (Å²) in [6.45, 7) is 16.7. The van der Waals surface area contributed by atoms with Gasteiger partial charge in [0.2, 0.25) is 0 Å². The molecule has 4 amide bonds. The van der Waals surface area contributed by atoms with Gasteiger partial charge in [0.25, 0.3) is 23.6 Å². The van der Waals surface area contributed by atoms with Crippen molar-refractivity contribution < 1.29 is 24.3 Å². The summed E-state index contributed by atoms with van der Waals surface area (Å²) in [5.41, 5.74) is 3.08. The van der Waals surface area contributed by atoms with Crippen LogP contribution in [0, 0.1) is 0 Å². The molecule has 7 nitrogen and oxygen atoms in total. The van der Waals surface area contributed by atoms with Crippen molar-refractivity contribution in [3.8, 4) is 16.9 Å². The van der Waals surface area contributed by atoms with Gasteiger partial charge in [-0.15, -0.1) is 0 Å². The van der Waals surface area contributed by atoms with Gasteiger partial charge in [-0.3, -0.25) is 29.0 Å². The Labute approximate surface area is 253 Å². The van der Waals surface area contributed by atoms with Crippen LogP contribution in [0.25, 0.3) is 21.9 Å². The van der Waals surface area contributed by atoms with Gasteiger partial charge in [-0.05, 0) is 65.1 Å². The minimum absolute atomic E-state index is 0.209. The summed E-state index contributed by atoms with van der Waals surface area (Å²) in [7, 11) is 0. The highest BCUT2D eigenvalue weighted by atomic mass is 16.3. The van der Waals surface area contributed by atoms with Gasteiger partial charge in [0.15, 0.2) is 0 Å². The molecule has 3 aromatic rings. The summed E-state index contributed by atoms with van der Waals surface area (Å²) in [6.07, 6.45) is 2.96. The third kappa shape index (κ3) is 4.83. The van der Waals surface area contributed by atoms with E-state index in [-0.39, 0.29) is 18.8 Å². The molecule has 7 heteroatoms. The average Bonchev–Trinajstić information content (AvgIpc) is 2.93. The number of carbonyl (C=O) groups is 4. The van der Waals surface area contributed by atoms with Crippen LogP contribution in [-0.4, -0.2) is 51.6 Å². The number of unbranched alkanes of at least 4 members (excludes halogenated alkanes) is 2. The molecule has 0 bridgehead atoms. The zero-order chi connectivity index (χ0) is 31.6. The molecule has 0 saturated carbocycles. The van der Waals surface area contributed by atoms with E-state index in [9.17, 15) is 24.3 Å². The van der Waals surface area contributed by atoms with Gasteiger partial charge in [-0.1, -0.05) is 68.2 Å². The molecule has 1 N–H and O–H groups in total. The number of hydrogen-bond acceptors (Lipinski definition) is 5. The zero-order valence-corrected chi connectivity index (χ0v) is 26.6. The van der Waals surface area contributed by atoms with Gasteiger partial charge in [0, 0.05) is 51.7 Å². The molecule has 0 radical (unpaired) electrons. The lowest BCUT2D eigenvalue weighted by Crippen LogP contribution is -2.44. The quantitative estimate of drug-likeness (QED) is 0.290. The monoisotopic (exact) mass is 582 g/mol. The van der Waals surface area contributed by atoms with E-state index < -0.39 is 34.5 Å². The molecule has 3 aromatic carbocycles. The lowest BCUT2D eigenvalue weighted by atomic mass is 9.76. The molecule has 2 aliphatic rings. The van der Waals surface area contributed by atoms with Crippen molar-refractivity contribution in [2.75, 3.05) is 13.1 Å². The third-order valence-electron chi connectivity index (χ3n) is 8.68. The highest BCUT2D eigenvalue weighted by molar-refractivity contribution is 6.35. The molecule has 43 heavy (non-hydrogen) atoms. The van der Waals surface area contributed by atoms with Gasteiger partial charge >= 0.3 is 0 Å². The van der Waals surface area contributed by atoms with E-state index in [4.69, 9.17) is 0 Å². The second-order valence-corrected chi connectivity index (χ2v) is 13.9. The van der Waals surface area contributed by atoms with Crippen LogP contribution in [0.5, 0.6) is 5.75 Å². The summed E-state index contributed by atoms with van der Waals surface area (Å²) >= 11 is 0. The van der Waals surface area contributed by atoms with Crippen molar-refractivity contribution >= 4 is 34.4 Å². The highest BCUT2D eigenvalue weighted by Crippen LogP contribution is 2.46. The topological polar surface area (TPSA) is 95.0 Å². The fraction of sp³-hybridized carbons (Fsp3) is 0.444. The molecule has 2 aliphatic heterocycles. The van der Waals surface area contributed by atoms with Gasteiger partial charge in [0.05, 0.1) is 5.56 Å². The molecular formula is C36H42N2O5. The summed E-state index contributed by atoms with van der Waals surface area (Å²) < 4.78 is 0. The maximum absolute atomic E-state index is 14.3. The zero-order valence-electron chi connectivity index (χ0n) is 26.6. The predicted molar refractivity (Wildman–Crippen MR) is 169 cm³/mol. The van der Waals surface area contributed by atoms with Crippen molar-refractivity contribution in [2.45, 2.75) is 91.9 Å². The lowest BCUT2D eigenvalue weighted by molar-refractivity contribution is 0.0587. The molecular weight excluding hydrogens is 540 g/mol. The van der Waals surface area contributed by atoms with Crippen LogP contribution in [0.1, 0.15) is 134 Å². The number of phenols is 1. The number of rotatable bonds is 7. The Morgan fingerprint density at radius 3 is 1.51 bits per heavy atom. The first-order chi connectivity index (χ1) is 20.1. The minimum atomic E-state index is -0.430. The van der Waals surface area contributed by atoms with E-state index in [0.29, 0.717) is 57.0 Å². The average molecular weight is 583 g/mol. The molecule has 2 heterocycles. The standard InChI is InChI=1S/C36H42N2O5/c1-9-11-15-37-31(40)21-13-14-22-28-27(21)24(33(37)42)19-23(29(28)34(43)38(32(22)41)16-12-10-2)20-17-25(35(3,4)5)30(39)26(18-20)36(6,7)8/h13-14,17-19,39H,9-12,15-16H2,1-8H3. The molecule has 5 rings (SSSR count). The van der Waals surface area contributed by atoms with E-state index in [1.165, 1.54) is 9.80 Å². The Bertz CT molecular complexity index is 1670. The minimum Gasteiger partial charge on any atom is -0.507 e. The van der Waals surface area contributed by atoms with E-state index >= 15 is 0 Å². The van der Waals surface area contributed by atoms with Crippen LogP contribution >= 0.6 is 0 Å². The van der Waals surface area contributed by atoms with Crippen molar-refractivity contribution in [1.29, 1.82) is 0 Å². The van der Waals surface area contributed by atoms with Gasteiger partial charge < -0.3 is 5.11 Å². The summed E-state index contributed by atoms with van der Waals surface area (Å²) in [6, 6.07) is 8.78. The highest BCUT2D eigenvalue weighted by Gasteiger charge is 2.41. The van der Waals surface area contributed by atoms with Crippen molar-refractivity contribution in [3.63, 3.8) is 0 Å². The Morgan fingerprint density at radius 1 is 0.605 bits per heavy atom. The first-order valence-corrected chi connectivity index (χ1v) is 15.4. The Morgan fingerprint density at radius 2 is 1.05 bits per heavy atom. The number of hydrogen-bond donors (Lipinski definition) is 1. The first kappa shape index (κ1) is 30.5. The smallest absolute Gasteiger partial charge is 0.262 e. The van der Waals surface area contributed by atoms with Crippen molar-refractivity contribution in [1.82, 2.24) is 9.80 Å².